The Bertz CT molecular complexity index is 1560. The van der Waals surface area contributed by atoms with E-state index >= 15 is 0 Å². The Balaban J connectivity index is 0.000000148. The van der Waals surface area contributed by atoms with Crippen LogP contribution >= 0.6 is 15.9 Å². The van der Waals surface area contributed by atoms with Crippen LogP contribution in [0.2, 0.25) is 0 Å². The average molecular weight is 734 g/mol. The van der Waals surface area contributed by atoms with Crippen molar-refractivity contribution < 1.29 is 19.4 Å². The van der Waals surface area contributed by atoms with Crippen molar-refractivity contribution in [3.8, 4) is 5.75 Å². The number of rotatable bonds is 9. The molecule has 2 heterocycles. The molecule has 5 aliphatic rings. The number of aromatic nitrogens is 1. The molecule has 4 bridgehead atoms. The number of amides is 2. The van der Waals surface area contributed by atoms with Crippen molar-refractivity contribution in [3.63, 3.8) is 0 Å². The van der Waals surface area contributed by atoms with Gasteiger partial charge in [0.25, 0.3) is 0 Å². The summed E-state index contributed by atoms with van der Waals surface area (Å²) in [5.74, 6) is 3.25. The van der Waals surface area contributed by atoms with Crippen LogP contribution in [-0.2, 0) is 16.0 Å². The normalized spacial score (nSPS) is 23.8. The molecule has 1 atom stereocenters. The Morgan fingerprint density at radius 2 is 1.73 bits per heavy atom. The van der Waals surface area contributed by atoms with Crippen molar-refractivity contribution in [1.29, 1.82) is 0 Å². The van der Waals surface area contributed by atoms with Crippen LogP contribution < -0.4 is 26.8 Å². The van der Waals surface area contributed by atoms with Gasteiger partial charge in [0.1, 0.15) is 25.0 Å². The predicted octanol–water partition coefficient (Wildman–Crippen LogP) is 5.00. The van der Waals surface area contributed by atoms with E-state index in [0.29, 0.717) is 23.9 Å². The minimum absolute atomic E-state index is 0.109. The number of hydrogen-bond acceptors (Lipinski definition) is 8. The van der Waals surface area contributed by atoms with E-state index in [1.165, 1.54) is 38.5 Å². The number of benzodiazepines with no additional fused rings is 1. The first-order valence-electron chi connectivity index (χ1n) is 17.2. The van der Waals surface area contributed by atoms with Gasteiger partial charge in [-0.15, -0.1) is 0 Å². The first-order chi connectivity index (χ1) is 23.4. The second-order valence-electron chi connectivity index (χ2n) is 14.2. The molecule has 1 unspecified atom stereocenters. The summed E-state index contributed by atoms with van der Waals surface area (Å²) >= 11 is 3.44. The molecule has 2 aromatic carbocycles. The van der Waals surface area contributed by atoms with Crippen molar-refractivity contribution in [2.24, 2.45) is 34.2 Å². The van der Waals surface area contributed by atoms with Gasteiger partial charge in [-0.05, 0) is 104 Å². The summed E-state index contributed by atoms with van der Waals surface area (Å²) in [4.78, 5) is 31.1. The first-order valence-corrected chi connectivity index (χ1v) is 18.0. The minimum Gasteiger partial charge on any atom is -0.491 e. The lowest BCUT2D eigenvalue weighted by Crippen LogP contribution is -2.55. The predicted molar refractivity (Wildman–Crippen MR) is 197 cm³/mol. The van der Waals surface area contributed by atoms with Crippen LogP contribution in [0.5, 0.6) is 5.75 Å². The summed E-state index contributed by atoms with van der Waals surface area (Å²) in [6.45, 7) is 4.88. The van der Waals surface area contributed by atoms with E-state index in [1.54, 1.807) is 30.5 Å². The number of aliphatic hydroxyl groups excluding tert-OH is 1. The fourth-order valence-electron chi connectivity index (χ4n) is 7.67. The fourth-order valence-corrected chi connectivity index (χ4v) is 8.04. The van der Waals surface area contributed by atoms with E-state index in [0.717, 1.165) is 50.4 Å². The third kappa shape index (κ3) is 10.9. The zero-order valence-corrected chi connectivity index (χ0v) is 30.0. The number of pyridine rings is 1. The number of fused-ring (bicyclic) bond motifs is 1. The molecule has 11 heteroatoms. The molecule has 262 valence electrons. The molecular weight excluding hydrogens is 684 g/mol. The highest BCUT2D eigenvalue weighted by molar-refractivity contribution is 9.10. The number of halogens is 1. The first kappa shape index (κ1) is 36.6. The highest BCUT2D eigenvalue weighted by atomic mass is 79.9. The van der Waals surface area contributed by atoms with Gasteiger partial charge in [0.2, 0.25) is 11.8 Å². The summed E-state index contributed by atoms with van der Waals surface area (Å²) in [6, 6.07) is 18.8. The summed E-state index contributed by atoms with van der Waals surface area (Å²) in [5, 5.41) is 15.7. The maximum absolute atomic E-state index is 11.7. The number of nitrogens with one attached hydrogen (secondary N) is 2. The zero-order valence-electron chi connectivity index (χ0n) is 28.4. The summed E-state index contributed by atoms with van der Waals surface area (Å²) in [5.41, 5.74) is 15.7. The van der Waals surface area contributed by atoms with Crippen LogP contribution in [0.25, 0.3) is 0 Å². The third-order valence-corrected chi connectivity index (χ3v) is 9.88. The highest BCUT2D eigenvalue weighted by Crippen LogP contribution is 2.54. The second-order valence-corrected chi connectivity index (χ2v) is 15.1. The van der Waals surface area contributed by atoms with Gasteiger partial charge in [0.05, 0.1) is 23.5 Å². The standard InChI is InChI=1S/C14H10BrN3O.C14H22N2O3.C10H17N/c15-9-4-5-11-10(7-9)14(17-8-13(19)18-11)12-3-1-2-6-16-12;1-10(2)16-8-12(17)9-19-13-5-3-11(4-6-13)7-14(15)18;11-10-4-7-1-8(5-10)3-9(2-7)6-10/h1-7H,8H2,(H,18,19);3-6,10,12,16-17H,7-9H2,1-2H3,(H2,15,18);7-9H,1-6,11H2. The summed E-state index contributed by atoms with van der Waals surface area (Å²) in [6.07, 6.45) is 9.96. The number of carbonyl (C=O) groups is 2. The van der Waals surface area contributed by atoms with E-state index in [2.05, 4.69) is 36.5 Å². The molecule has 1 aromatic heterocycles. The maximum Gasteiger partial charge on any atom is 0.246 e. The molecule has 4 aliphatic carbocycles. The van der Waals surface area contributed by atoms with Crippen molar-refractivity contribution in [3.05, 3.63) is 88.2 Å². The smallest absolute Gasteiger partial charge is 0.246 e. The van der Waals surface area contributed by atoms with Crippen LogP contribution in [-0.4, -0.2) is 65.0 Å². The molecule has 0 saturated heterocycles. The zero-order chi connectivity index (χ0) is 35.0. The van der Waals surface area contributed by atoms with E-state index in [9.17, 15) is 14.7 Å². The lowest BCUT2D eigenvalue weighted by molar-refractivity contribution is -0.117. The molecule has 8 rings (SSSR count). The monoisotopic (exact) mass is 732 g/mol. The van der Waals surface area contributed by atoms with Crippen LogP contribution in [0.4, 0.5) is 5.69 Å². The number of ether oxygens (including phenoxy) is 1. The number of nitrogens with two attached hydrogens (primary N) is 2. The highest BCUT2D eigenvalue weighted by Gasteiger charge is 2.48. The van der Waals surface area contributed by atoms with Crippen LogP contribution in [0.1, 0.15) is 69.2 Å². The van der Waals surface area contributed by atoms with Crippen LogP contribution in [0.3, 0.4) is 0 Å². The quantitative estimate of drug-likeness (QED) is 0.207. The number of anilines is 1. The van der Waals surface area contributed by atoms with E-state index in [4.69, 9.17) is 16.2 Å². The number of hydrogen-bond donors (Lipinski definition) is 5. The molecule has 7 N–H and O–H groups in total. The number of carbonyl (C=O) groups excluding carboxylic acids is 2. The maximum atomic E-state index is 11.7. The van der Waals surface area contributed by atoms with Gasteiger partial charge in [-0.1, -0.05) is 48.0 Å². The number of aliphatic imine (C=N–C) groups is 1. The second kappa shape index (κ2) is 16.8. The van der Waals surface area contributed by atoms with Crippen molar-refractivity contribution in [2.45, 2.75) is 76.5 Å². The van der Waals surface area contributed by atoms with Gasteiger partial charge in [-0.3, -0.25) is 19.6 Å². The molecule has 2 amide bonds. The average Bonchev–Trinajstić information content (AvgIpc) is 3.21. The van der Waals surface area contributed by atoms with Crippen molar-refractivity contribution in [2.75, 3.05) is 25.0 Å². The molecule has 4 saturated carbocycles. The lowest BCUT2D eigenvalue weighted by Gasteiger charge is -2.55. The van der Waals surface area contributed by atoms with Gasteiger partial charge < -0.3 is 31.9 Å². The molecule has 1 aliphatic heterocycles. The molecular formula is C38H49BrN6O4. The number of aliphatic hydroxyl groups is 1. The molecule has 49 heavy (non-hydrogen) atoms. The molecule has 4 fully saturated rings. The van der Waals surface area contributed by atoms with Gasteiger partial charge in [-0.25, -0.2) is 0 Å². The van der Waals surface area contributed by atoms with Gasteiger partial charge >= 0.3 is 0 Å². The number of primary amides is 1. The SMILES string of the molecule is CC(C)NCC(O)COc1ccc(CC(N)=O)cc1.NC12CC3CC(CC(C3)C1)C2.O=C1CN=C(c2ccccn2)c2cc(Br)ccc2N1. The van der Waals surface area contributed by atoms with Gasteiger partial charge in [0.15, 0.2) is 0 Å². The van der Waals surface area contributed by atoms with E-state index in [1.807, 2.05) is 50.2 Å². The van der Waals surface area contributed by atoms with Crippen LogP contribution in [0.15, 0.2) is 76.3 Å². The molecule has 0 spiro atoms. The fraction of sp³-hybridized carbons (Fsp3) is 0.474. The van der Waals surface area contributed by atoms with Crippen molar-refractivity contribution in [1.82, 2.24) is 10.3 Å². The Hall–Kier alpha value is -3.64. The Kier molecular flexibility index (Phi) is 12.6. The Morgan fingerprint density at radius 1 is 1.06 bits per heavy atom. The topological polar surface area (TPSA) is 165 Å². The van der Waals surface area contributed by atoms with Crippen LogP contribution in [0, 0.1) is 17.8 Å². The number of benzene rings is 2. The van der Waals surface area contributed by atoms with E-state index in [-0.39, 0.29) is 31.4 Å². The van der Waals surface area contributed by atoms with Gasteiger partial charge in [0, 0.05) is 34.4 Å². The Morgan fingerprint density at radius 3 is 2.31 bits per heavy atom. The lowest BCUT2D eigenvalue weighted by atomic mass is 9.53. The largest absolute Gasteiger partial charge is 0.491 e. The van der Waals surface area contributed by atoms with Gasteiger partial charge in [-0.2, -0.15) is 0 Å². The number of nitrogens with zero attached hydrogens (tertiary/aromatic N) is 2. The van der Waals surface area contributed by atoms with E-state index < -0.39 is 6.10 Å². The minimum atomic E-state index is -0.548. The third-order valence-electron chi connectivity index (χ3n) is 9.39. The molecule has 3 aromatic rings. The van der Waals surface area contributed by atoms with Crippen molar-refractivity contribution >= 4 is 39.1 Å². The molecule has 0 radical (unpaired) electrons. The summed E-state index contributed by atoms with van der Waals surface area (Å²) in [7, 11) is 0. The Labute approximate surface area is 297 Å². The molecule has 10 nitrogen and oxygen atoms in total. The summed E-state index contributed by atoms with van der Waals surface area (Å²) < 4.78 is 6.39.